The van der Waals surface area contributed by atoms with Crippen LogP contribution in [0.15, 0.2) is 39.1 Å². The molecule has 15 heavy (non-hydrogen) atoms. The van der Waals surface area contributed by atoms with Crippen molar-refractivity contribution in [3.8, 4) is 0 Å². The average molecular weight is 222 g/mol. The number of rotatable bonds is 2. The predicted molar refractivity (Wildman–Crippen MR) is 58.8 cm³/mol. The minimum absolute atomic E-state index is 0.230. The van der Waals surface area contributed by atoms with Crippen LogP contribution in [0.2, 0.25) is 0 Å². The van der Waals surface area contributed by atoms with Gasteiger partial charge in [0.15, 0.2) is 5.16 Å². The van der Waals surface area contributed by atoms with E-state index >= 15 is 0 Å². The number of H-pyrrole nitrogens is 1. The second kappa shape index (κ2) is 3.82. The summed E-state index contributed by atoms with van der Waals surface area (Å²) >= 11 is 1.36. The van der Waals surface area contributed by atoms with Crippen molar-refractivity contribution in [1.82, 2.24) is 14.8 Å². The van der Waals surface area contributed by atoms with Crippen LogP contribution in [0, 0.1) is 0 Å². The average Bonchev–Trinajstić information content (AvgIpc) is 2.53. The maximum absolute atomic E-state index is 11.1. The van der Waals surface area contributed by atoms with Crippen molar-refractivity contribution < 1.29 is 0 Å². The summed E-state index contributed by atoms with van der Waals surface area (Å²) in [6.45, 7) is 0. The van der Waals surface area contributed by atoms with Gasteiger partial charge in [0.2, 0.25) is 0 Å². The van der Waals surface area contributed by atoms with E-state index < -0.39 is 0 Å². The highest BCUT2D eigenvalue weighted by molar-refractivity contribution is 7.99. The fourth-order valence-corrected chi connectivity index (χ4v) is 1.94. The van der Waals surface area contributed by atoms with E-state index in [1.54, 1.807) is 7.05 Å². The van der Waals surface area contributed by atoms with E-state index in [9.17, 15) is 4.79 Å². The van der Waals surface area contributed by atoms with Crippen LogP contribution < -0.4 is 11.4 Å². The summed E-state index contributed by atoms with van der Waals surface area (Å²) in [7, 11) is 1.66. The Morgan fingerprint density at radius 2 is 2.20 bits per heavy atom. The van der Waals surface area contributed by atoms with Crippen LogP contribution in [-0.4, -0.2) is 14.8 Å². The Morgan fingerprint density at radius 1 is 1.47 bits per heavy atom. The Kier molecular flexibility index (Phi) is 2.51. The summed E-state index contributed by atoms with van der Waals surface area (Å²) in [5, 5.41) is 6.85. The largest absolute Gasteiger partial charge is 0.398 e. The third-order valence-electron chi connectivity index (χ3n) is 1.96. The maximum Gasteiger partial charge on any atom is 0.343 e. The highest BCUT2D eigenvalue weighted by Crippen LogP contribution is 2.29. The normalized spacial score (nSPS) is 10.5. The maximum atomic E-state index is 11.1. The standard InChI is InChI=1S/C9H10N4OS/c1-13-8(14)11-12-9(13)15-7-5-3-2-4-6(7)10/h2-5H,10H2,1H3,(H,11,14). The Hall–Kier alpha value is -1.69. The zero-order valence-corrected chi connectivity index (χ0v) is 8.91. The van der Waals surface area contributed by atoms with Crippen LogP contribution in [0.1, 0.15) is 0 Å². The molecule has 0 amide bonds. The van der Waals surface area contributed by atoms with Crippen LogP contribution >= 0.6 is 11.8 Å². The molecule has 1 aromatic carbocycles. The topological polar surface area (TPSA) is 76.7 Å². The van der Waals surface area contributed by atoms with Gasteiger partial charge >= 0.3 is 5.69 Å². The second-order valence-corrected chi connectivity index (χ2v) is 4.02. The highest BCUT2D eigenvalue weighted by atomic mass is 32.2. The molecule has 78 valence electrons. The molecule has 0 fully saturated rings. The summed E-state index contributed by atoms with van der Waals surface area (Å²) in [4.78, 5) is 12.0. The van der Waals surface area contributed by atoms with Crippen LogP contribution in [0.3, 0.4) is 0 Å². The molecule has 0 saturated heterocycles. The molecule has 6 heteroatoms. The van der Waals surface area contributed by atoms with Crippen molar-refractivity contribution >= 4 is 17.4 Å². The fraction of sp³-hybridized carbons (Fsp3) is 0.111. The Balaban J connectivity index is 2.34. The fourth-order valence-electron chi connectivity index (χ4n) is 1.10. The first-order valence-corrected chi connectivity index (χ1v) is 5.14. The molecular formula is C9H10N4OS. The number of anilines is 1. The summed E-state index contributed by atoms with van der Waals surface area (Å²) in [5.74, 6) is 0. The van der Waals surface area contributed by atoms with Crippen molar-refractivity contribution in [3.05, 3.63) is 34.7 Å². The Bertz CT molecular complexity index is 531. The van der Waals surface area contributed by atoms with Gasteiger partial charge in [-0.3, -0.25) is 4.57 Å². The van der Waals surface area contributed by atoms with Gasteiger partial charge in [0.1, 0.15) is 0 Å². The second-order valence-electron chi connectivity index (χ2n) is 3.01. The van der Waals surface area contributed by atoms with Gasteiger partial charge < -0.3 is 5.73 Å². The SMILES string of the molecule is Cn1c(Sc2ccccc2N)n[nH]c1=O. The summed E-state index contributed by atoms with van der Waals surface area (Å²) in [5.41, 5.74) is 6.23. The van der Waals surface area contributed by atoms with Gasteiger partial charge in [0.25, 0.3) is 0 Å². The Morgan fingerprint density at radius 3 is 2.80 bits per heavy atom. The van der Waals surface area contributed by atoms with Crippen molar-refractivity contribution in [2.75, 3.05) is 5.73 Å². The molecule has 2 aromatic rings. The third kappa shape index (κ3) is 1.89. The molecular weight excluding hydrogens is 212 g/mol. The molecule has 0 aliphatic heterocycles. The number of nitrogen functional groups attached to an aromatic ring is 1. The molecule has 1 aromatic heterocycles. The molecule has 5 nitrogen and oxygen atoms in total. The number of para-hydroxylation sites is 1. The van der Waals surface area contributed by atoms with Gasteiger partial charge in [-0.05, 0) is 23.9 Å². The number of hydrogen-bond donors (Lipinski definition) is 2. The number of nitrogens with zero attached hydrogens (tertiary/aromatic N) is 2. The first-order chi connectivity index (χ1) is 7.18. The summed E-state index contributed by atoms with van der Waals surface area (Å²) < 4.78 is 1.44. The number of nitrogens with two attached hydrogens (primary N) is 1. The quantitative estimate of drug-likeness (QED) is 0.738. The molecule has 0 aliphatic rings. The minimum atomic E-state index is -0.230. The number of aromatic nitrogens is 3. The van der Waals surface area contributed by atoms with E-state index in [0.717, 1.165) is 4.90 Å². The molecule has 0 radical (unpaired) electrons. The van der Waals surface area contributed by atoms with Crippen LogP contribution in [0.5, 0.6) is 0 Å². The van der Waals surface area contributed by atoms with Crippen molar-refractivity contribution in [1.29, 1.82) is 0 Å². The molecule has 0 spiro atoms. The van der Waals surface area contributed by atoms with Gasteiger partial charge in [-0.25, -0.2) is 9.89 Å². The van der Waals surface area contributed by atoms with Crippen molar-refractivity contribution in [2.45, 2.75) is 10.1 Å². The lowest BCUT2D eigenvalue weighted by Crippen LogP contribution is -2.12. The third-order valence-corrected chi connectivity index (χ3v) is 3.10. The highest BCUT2D eigenvalue weighted by Gasteiger charge is 2.07. The lowest BCUT2D eigenvalue weighted by atomic mass is 10.3. The van der Waals surface area contributed by atoms with Gasteiger partial charge in [0.05, 0.1) is 0 Å². The molecule has 0 unspecified atom stereocenters. The van der Waals surface area contributed by atoms with E-state index in [1.165, 1.54) is 16.3 Å². The zero-order valence-electron chi connectivity index (χ0n) is 8.10. The van der Waals surface area contributed by atoms with Crippen LogP contribution in [0.25, 0.3) is 0 Å². The summed E-state index contributed by atoms with van der Waals surface area (Å²) in [6.07, 6.45) is 0. The van der Waals surface area contributed by atoms with E-state index in [2.05, 4.69) is 10.2 Å². The van der Waals surface area contributed by atoms with E-state index in [-0.39, 0.29) is 5.69 Å². The van der Waals surface area contributed by atoms with Crippen LogP contribution in [-0.2, 0) is 7.05 Å². The molecule has 0 aliphatic carbocycles. The number of aromatic amines is 1. The molecule has 1 heterocycles. The van der Waals surface area contributed by atoms with Gasteiger partial charge in [-0.1, -0.05) is 12.1 Å². The van der Waals surface area contributed by atoms with Crippen molar-refractivity contribution in [3.63, 3.8) is 0 Å². The monoisotopic (exact) mass is 222 g/mol. The lowest BCUT2D eigenvalue weighted by molar-refractivity contribution is 0.766. The number of hydrogen-bond acceptors (Lipinski definition) is 4. The number of nitrogens with one attached hydrogen (secondary N) is 1. The van der Waals surface area contributed by atoms with Gasteiger partial charge in [-0.15, -0.1) is 5.10 Å². The van der Waals surface area contributed by atoms with Gasteiger partial charge in [-0.2, -0.15) is 0 Å². The van der Waals surface area contributed by atoms with E-state index in [4.69, 9.17) is 5.73 Å². The van der Waals surface area contributed by atoms with E-state index in [1.807, 2.05) is 24.3 Å². The molecule has 0 bridgehead atoms. The smallest absolute Gasteiger partial charge is 0.343 e. The molecule has 3 N–H and O–H groups in total. The van der Waals surface area contributed by atoms with E-state index in [0.29, 0.717) is 10.8 Å². The zero-order chi connectivity index (χ0) is 10.8. The molecule has 0 atom stereocenters. The predicted octanol–water partition coefficient (Wildman–Crippen LogP) is 0.842. The summed E-state index contributed by atoms with van der Waals surface area (Å²) in [6, 6.07) is 7.46. The first-order valence-electron chi connectivity index (χ1n) is 4.32. The van der Waals surface area contributed by atoms with Crippen LogP contribution in [0.4, 0.5) is 5.69 Å². The minimum Gasteiger partial charge on any atom is -0.398 e. The Labute approximate surface area is 90.3 Å². The first kappa shape index (κ1) is 9.85. The lowest BCUT2D eigenvalue weighted by Gasteiger charge is -2.02. The molecule has 0 saturated carbocycles. The van der Waals surface area contributed by atoms with Gasteiger partial charge in [0, 0.05) is 17.6 Å². The molecule has 2 rings (SSSR count). The van der Waals surface area contributed by atoms with Crippen molar-refractivity contribution in [2.24, 2.45) is 7.05 Å². The number of benzene rings is 1.